The molecule has 6 atom stereocenters. The molecule has 26 heteroatoms. The fraction of sp³-hybridized carbons (Fsp3) is 0.333. The standard InChI is InChI=1S/C114H130N20O6/c1-81(97-43-19-31-89-25-7-13-37-103(89)97)115-109(135)75-127-57-53-125(54-58-128(76-110(136)116-82(2)98-44-20-32-90-26-8-14-38-104(90)98)62-66-131(65-61-127)79-113(139)119-85(5)101-47-23-35-93-29-11-17-41-107(93)101)71-95-73-133(123-121-95)69-87-49-51-88(52-50-87)70-134-74-96(122-124-134)72-126-55-59-129(77-111(137)117-83(3)99-45-21-33-91-27-9-15-39-105(91)99)63-67-132(80-114(140)120-86(6)102-48-24-36-94-30-12-18-42-108(94)102)68-64-130(60-56-126)78-112(138)118-84(4)100-46-22-34-92-28-10-16-40-106(92)100/h7-52,73-74,81-86H,53-72,75-80H2,1-6H3,(H,115,135)(H,116,136)(H,117,137)(H,118,138)(H,119,139)(H,120,140)/t81-,82-,83-,84-,85-,86-/m0/s1. The van der Waals surface area contributed by atoms with E-state index >= 15 is 0 Å². The van der Waals surface area contributed by atoms with E-state index < -0.39 is 0 Å². The van der Waals surface area contributed by atoms with Crippen LogP contribution in [0.25, 0.3) is 64.6 Å². The summed E-state index contributed by atoms with van der Waals surface area (Å²) in [5.74, 6) is -0.629. The Bertz CT molecular complexity index is 6120. The Kier molecular flexibility index (Phi) is 33.0. The highest BCUT2D eigenvalue weighted by Crippen LogP contribution is 2.32. The Hall–Kier alpha value is -13.8. The van der Waals surface area contributed by atoms with Crippen molar-refractivity contribution in [1.82, 2.24) is 101 Å². The minimum atomic E-state index is -0.266. The molecule has 0 bridgehead atoms. The maximum Gasteiger partial charge on any atom is 0.234 e. The smallest absolute Gasteiger partial charge is 0.234 e. The first kappa shape index (κ1) is 97.8. The predicted octanol–water partition coefficient (Wildman–Crippen LogP) is 14.6. The van der Waals surface area contributed by atoms with Crippen molar-refractivity contribution >= 4 is 100 Å². The van der Waals surface area contributed by atoms with E-state index in [1.165, 1.54) is 0 Å². The molecule has 0 unspecified atom stereocenters. The molecule has 0 saturated carbocycles. The van der Waals surface area contributed by atoms with Gasteiger partial charge in [0.15, 0.2) is 0 Å². The van der Waals surface area contributed by atoms with Gasteiger partial charge in [0.2, 0.25) is 35.4 Å². The Morgan fingerprint density at radius 1 is 0.221 bits per heavy atom. The van der Waals surface area contributed by atoms with E-state index in [1.807, 2.05) is 172 Å². The highest BCUT2D eigenvalue weighted by atomic mass is 16.2. The van der Waals surface area contributed by atoms with Crippen molar-refractivity contribution in [3.05, 3.63) is 347 Å². The van der Waals surface area contributed by atoms with E-state index in [0.717, 1.165) is 121 Å². The average Bonchev–Trinajstić information content (AvgIpc) is 1.21. The summed E-state index contributed by atoms with van der Waals surface area (Å²) in [5, 5.41) is 52.2. The number of carbonyl (C=O) groups is 6. The summed E-state index contributed by atoms with van der Waals surface area (Å²) < 4.78 is 3.74. The number of benzene rings is 13. The van der Waals surface area contributed by atoms with Crippen LogP contribution in [0.2, 0.25) is 0 Å². The molecule has 2 fully saturated rings. The SMILES string of the molecule is C[C@H](NC(=O)CN1CCN(CC(=O)N[C@@H](C)c2cccc3ccccc23)CCN(Cc2cn(Cc3ccc(Cn4cc(CN5CCN(CC(=O)N[C@@H](C)c6cccc7ccccc67)CCN(CC(=O)N[C@@H](C)c6cccc7ccccc67)CCN(CC(=O)N[C@@H](C)c6cccc7ccccc67)CC5)nn4)cc3)nn2)CCN(CC(=O)N[C@@H](C)c2cccc3ccccc23)CC1)c1cccc2ccccc12. The fourth-order valence-electron chi connectivity index (χ4n) is 20.2. The number of hydrogen-bond acceptors (Lipinski definition) is 18. The summed E-state index contributed by atoms with van der Waals surface area (Å²) in [6, 6.07) is 93.5. The summed E-state index contributed by atoms with van der Waals surface area (Å²) >= 11 is 0. The van der Waals surface area contributed by atoms with Crippen molar-refractivity contribution in [3.63, 3.8) is 0 Å². The summed E-state index contributed by atoms with van der Waals surface area (Å²) in [6.45, 7) is 23.1. The maximum atomic E-state index is 14.5. The lowest BCUT2D eigenvalue weighted by Gasteiger charge is -2.34. The van der Waals surface area contributed by atoms with Crippen LogP contribution in [0.15, 0.2) is 291 Å². The van der Waals surface area contributed by atoms with E-state index in [4.69, 9.17) is 20.6 Å². The van der Waals surface area contributed by atoms with Crippen molar-refractivity contribution in [1.29, 1.82) is 0 Å². The highest BCUT2D eigenvalue weighted by Gasteiger charge is 2.29. The lowest BCUT2D eigenvalue weighted by Crippen LogP contribution is -2.50. The van der Waals surface area contributed by atoms with Crippen molar-refractivity contribution in [2.24, 2.45) is 0 Å². The summed E-state index contributed by atoms with van der Waals surface area (Å²) in [7, 11) is 0. The molecule has 0 aliphatic carbocycles. The molecule has 0 spiro atoms. The largest absolute Gasteiger partial charge is 0.348 e. The quantitative estimate of drug-likeness (QED) is 0.0229. The van der Waals surface area contributed by atoms with Gasteiger partial charge < -0.3 is 31.9 Å². The molecule has 17 rings (SSSR count). The topological polar surface area (TPSA) is 262 Å². The number of amides is 6. The summed E-state index contributed by atoms with van der Waals surface area (Å²) in [6.07, 6.45) is 4.00. The van der Waals surface area contributed by atoms with Crippen LogP contribution in [0.1, 0.15) is 134 Å². The lowest BCUT2D eigenvalue weighted by molar-refractivity contribution is -0.125. The first-order valence-corrected chi connectivity index (χ1v) is 49.5. The normalized spacial score (nSPS) is 16.4. The Morgan fingerprint density at radius 2 is 0.393 bits per heavy atom. The van der Waals surface area contributed by atoms with Gasteiger partial charge in [-0.25, -0.2) is 9.36 Å². The molecule has 140 heavy (non-hydrogen) atoms. The number of rotatable bonds is 32. The van der Waals surface area contributed by atoms with Crippen LogP contribution in [0.3, 0.4) is 0 Å². The van der Waals surface area contributed by atoms with Crippen LogP contribution in [0.4, 0.5) is 0 Å². The van der Waals surface area contributed by atoms with Gasteiger partial charge in [0, 0.05) is 118 Å². The van der Waals surface area contributed by atoms with Crippen LogP contribution in [0, 0.1) is 0 Å². The van der Waals surface area contributed by atoms with Gasteiger partial charge in [-0.15, -0.1) is 10.2 Å². The van der Waals surface area contributed by atoms with Crippen LogP contribution < -0.4 is 31.9 Å². The Balaban J connectivity index is 0.574. The number of fused-ring (bicyclic) bond motifs is 6. The second-order valence-corrected chi connectivity index (χ2v) is 38.0. The molecule has 26 nitrogen and oxygen atoms in total. The maximum absolute atomic E-state index is 14.5. The minimum absolute atomic E-state index is 0.101. The number of aromatic nitrogens is 6. The zero-order chi connectivity index (χ0) is 96.8. The molecule has 2 saturated heterocycles. The Labute approximate surface area is 820 Å². The molecule has 0 radical (unpaired) electrons. The second-order valence-electron chi connectivity index (χ2n) is 38.0. The van der Waals surface area contributed by atoms with Gasteiger partial charge in [-0.2, -0.15) is 0 Å². The molecule has 2 aliphatic heterocycles. The molecular weight excluding hydrogens is 1750 g/mol. The lowest BCUT2D eigenvalue weighted by atomic mass is 10.00. The van der Waals surface area contributed by atoms with Crippen LogP contribution in [0.5, 0.6) is 0 Å². The number of carbonyl (C=O) groups excluding carboxylic acids is 6. The monoisotopic (exact) mass is 1880 g/mol. The van der Waals surface area contributed by atoms with Crippen LogP contribution in [-0.2, 0) is 54.9 Å². The van der Waals surface area contributed by atoms with Gasteiger partial charge >= 0.3 is 0 Å². The average molecular weight is 1880 g/mol. The van der Waals surface area contributed by atoms with Crippen molar-refractivity contribution in [2.75, 3.05) is 144 Å². The second kappa shape index (κ2) is 47.2. The van der Waals surface area contributed by atoms with Crippen molar-refractivity contribution < 1.29 is 28.8 Å². The van der Waals surface area contributed by atoms with Gasteiger partial charge in [-0.05, 0) is 151 Å². The molecule has 722 valence electrons. The van der Waals surface area contributed by atoms with Crippen LogP contribution >= 0.6 is 0 Å². The summed E-state index contributed by atoms with van der Waals surface area (Å²) in [4.78, 5) is 105. The number of nitrogens with zero attached hydrogens (tertiary/aromatic N) is 14. The minimum Gasteiger partial charge on any atom is -0.348 e. The van der Waals surface area contributed by atoms with E-state index in [2.05, 4.69) is 241 Å². The summed E-state index contributed by atoms with van der Waals surface area (Å²) in [5.41, 5.74) is 9.86. The van der Waals surface area contributed by atoms with Gasteiger partial charge in [0.05, 0.1) is 112 Å². The molecule has 6 amide bonds. The first-order chi connectivity index (χ1) is 68.2. The van der Waals surface area contributed by atoms with Crippen LogP contribution in [-0.4, -0.2) is 249 Å². The van der Waals surface area contributed by atoms with Gasteiger partial charge in [-0.3, -0.25) is 68.0 Å². The molecular formula is C114H130N20O6. The predicted molar refractivity (Wildman–Crippen MR) is 557 cm³/mol. The number of nitrogens with one attached hydrogen (secondary N) is 6. The van der Waals surface area contributed by atoms with E-state index in [-0.39, 0.29) is 111 Å². The third kappa shape index (κ3) is 26.2. The molecule has 4 heterocycles. The van der Waals surface area contributed by atoms with Crippen molar-refractivity contribution in [2.45, 2.75) is 104 Å². The zero-order valence-corrected chi connectivity index (χ0v) is 81.3. The highest BCUT2D eigenvalue weighted by molar-refractivity contribution is 5.93. The van der Waals surface area contributed by atoms with Gasteiger partial charge in [0.1, 0.15) is 0 Å². The molecule has 13 aromatic carbocycles. The number of hydrogen-bond donors (Lipinski definition) is 6. The zero-order valence-electron chi connectivity index (χ0n) is 81.3. The third-order valence-electron chi connectivity index (χ3n) is 27.7. The first-order valence-electron chi connectivity index (χ1n) is 49.5. The third-order valence-corrected chi connectivity index (χ3v) is 27.7. The molecule has 15 aromatic rings. The molecule has 2 aliphatic rings. The Morgan fingerprint density at radius 3 is 0.586 bits per heavy atom. The van der Waals surface area contributed by atoms with Gasteiger partial charge in [0.25, 0.3) is 0 Å². The molecule has 6 N–H and O–H groups in total. The van der Waals surface area contributed by atoms with Gasteiger partial charge in [-0.1, -0.05) is 289 Å². The van der Waals surface area contributed by atoms with E-state index in [0.29, 0.717) is 131 Å². The van der Waals surface area contributed by atoms with Crippen molar-refractivity contribution in [3.8, 4) is 0 Å². The van der Waals surface area contributed by atoms with E-state index in [9.17, 15) is 28.8 Å². The fourth-order valence-corrected chi connectivity index (χ4v) is 20.2. The molecule has 2 aromatic heterocycles. The van der Waals surface area contributed by atoms with E-state index in [1.54, 1.807) is 0 Å².